The minimum atomic E-state index is -1.01. The Hall–Kier alpha value is -1.67. The van der Waals surface area contributed by atoms with Crippen LogP contribution in [0.5, 0.6) is 0 Å². The van der Waals surface area contributed by atoms with Crippen molar-refractivity contribution in [1.29, 1.82) is 0 Å². The predicted octanol–water partition coefficient (Wildman–Crippen LogP) is 0.965. The molecule has 3 aliphatic rings. The highest BCUT2D eigenvalue weighted by atomic mass is 16.5. The molecule has 0 aromatic carbocycles. The number of carbonyl (C=O) groups excluding carboxylic acids is 3. The molecule has 3 N–H and O–H groups in total. The number of fused-ring (bicyclic) bond motifs is 1. The van der Waals surface area contributed by atoms with Crippen molar-refractivity contribution in [2.75, 3.05) is 19.7 Å². The number of aliphatic hydroxyl groups excluding tert-OH is 1. The summed E-state index contributed by atoms with van der Waals surface area (Å²) in [5, 5.41) is 15.7. The van der Waals surface area contributed by atoms with E-state index < -0.39 is 35.1 Å². The smallest absolute Gasteiger partial charge is 0.245 e. The van der Waals surface area contributed by atoms with Crippen LogP contribution in [0.4, 0.5) is 0 Å². The van der Waals surface area contributed by atoms with Gasteiger partial charge in [0.1, 0.15) is 11.6 Å². The number of rotatable bonds is 10. The third kappa shape index (κ3) is 3.32. The molecule has 2 bridgehead atoms. The summed E-state index contributed by atoms with van der Waals surface area (Å²) in [4.78, 5) is 41.6. The van der Waals surface area contributed by atoms with E-state index in [0.29, 0.717) is 32.4 Å². The van der Waals surface area contributed by atoms with Crippen LogP contribution in [0.3, 0.4) is 0 Å². The van der Waals surface area contributed by atoms with Gasteiger partial charge >= 0.3 is 0 Å². The summed E-state index contributed by atoms with van der Waals surface area (Å²) in [6.45, 7) is 8.56. The fraction of sp³-hybridized carbons (Fsp3) is 0.864. The van der Waals surface area contributed by atoms with E-state index in [1.54, 1.807) is 6.92 Å². The topological polar surface area (TPSA) is 108 Å². The standard InChI is InChI=1S/C22H37N3O5/c1-5-8-12-24-19(28)17-22-10-9-21(7-3,30-22)15(18(27)23-11-6-2)16(22)20(29)25(17)14(4)13-26/h14-17,26H,5-13H2,1-4H3,(H,23,27)(H,24,28)/t14-,15+,16+,17?,21-,22?/m1/s1. The molecule has 3 aliphatic heterocycles. The minimum absolute atomic E-state index is 0.165. The van der Waals surface area contributed by atoms with Crippen molar-refractivity contribution >= 4 is 17.7 Å². The maximum Gasteiger partial charge on any atom is 0.245 e. The largest absolute Gasteiger partial charge is 0.394 e. The normalized spacial score (nSPS) is 35.4. The number of likely N-dealkylation sites (tertiary alicyclic amines) is 1. The average Bonchev–Trinajstić information content (AvgIpc) is 3.35. The lowest BCUT2D eigenvalue weighted by Gasteiger charge is -2.36. The number of hydrogen-bond donors (Lipinski definition) is 3. The van der Waals surface area contributed by atoms with Gasteiger partial charge < -0.3 is 25.4 Å². The third-order valence-corrected chi connectivity index (χ3v) is 7.27. The average molecular weight is 424 g/mol. The summed E-state index contributed by atoms with van der Waals surface area (Å²) in [6, 6.07) is -1.36. The molecule has 1 spiro atoms. The highest BCUT2D eigenvalue weighted by Gasteiger charge is 2.78. The first-order valence-electron chi connectivity index (χ1n) is 11.5. The highest BCUT2D eigenvalue weighted by molar-refractivity contribution is 5.99. The van der Waals surface area contributed by atoms with Gasteiger partial charge in [0.25, 0.3) is 0 Å². The molecule has 30 heavy (non-hydrogen) atoms. The van der Waals surface area contributed by atoms with Crippen LogP contribution in [0.25, 0.3) is 0 Å². The summed E-state index contributed by atoms with van der Waals surface area (Å²) in [7, 11) is 0. The maximum absolute atomic E-state index is 13.6. The van der Waals surface area contributed by atoms with Gasteiger partial charge in [0.15, 0.2) is 0 Å². The molecule has 0 saturated carbocycles. The van der Waals surface area contributed by atoms with Crippen LogP contribution in [0.1, 0.15) is 66.2 Å². The van der Waals surface area contributed by atoms with E-state index in [2.05, 4.69) is 10.6 Å². The molecule has 3 fully saturated rings. The van der Waals surface area contributed by atoms with E-state index in [4.69, 9.17) is 4.74 Å². The van der Waals surface area contributed by atoms with Gasteiger partial charge in [-0.2, -0.15) is 0 Å². The maximum atomic E-state index is 13.6. The third-order valence-electron chi connectivity index (χ3n) is 7.27. The molecule has 0 aliphatic carbocycles. The van der Waals surface area contributed by atoms with E-state index in [1.807, 2.05) is 20.8 Å². The van der Waals surface area contributed by atoms with Crippen molar-refractivity contribution in [3.05, 3.63) is 0 Å². The Labute approximate surface area is 179 Å². The minimum Gasteiger partial charge on any atom is -0.394 e. The summed E-state index contributed by atoms with van der Waals surface area (Å²) >= 11 is 0. The lowest BCUT2D eigenvalue weighted by atomic mass is 9.65. The molecule has 0 radical (unpaired) electrons. The van der Waals surface area contributed by atoms with Gasteiger partial charge in [-0.15, -0.1) is 0 Å². The molecule has 0 aromatic heterocycles. The fourth-order valence-corrected chi connectivity index (χ4v) is 5.76. The lowest BCUT2D eigenvalue weighted by Crippen LogP contribution is -2.57. The molecule has 3 heterocycles. The predicted molar refractivity (Wildman–Crippen MR) is 111 cm³/mol. The van der Waals surface area contributed by atoms with E-state index in [0.717, 1.165) is 19.3 Å². The second-order valence-corrected chi connectivity index (χ2v) is 9.05. The Bertz CT molecular complexity index is 686. The van der Waals surface area contributed by atoms with Crippen molar-refractivity contribution in [3.8, 4) is 0 Å². The van der Waals surface area contributed by atoms with Crippen molar-refractivity contribution in [2.24, 2.45) is 11.8 Å². The van der Waals surface area contributed by atoms with Crippen molar-refractivity contribution in [2.45, 2.75) is 89.5 Å². The van der Waals surface area contributed by atoms with Crippen LogP contribution >= 0.6 is 0 Å². The van der Waals surface area contributed by atoms with Gasteiger partial charge in [-0.1, -0.05) is 27.2 Å². The Balaban J connectivity index is 2.01. The molecule has 3 saturated heterocycles. The molecule has 3 rings (SSSR count). The van der Waals surface area contributed by atoms with Gasteiger partial charge in [-0.3, -0.25) is 14.4 Å². The van der Waals surface area contributed by atoms with Crippen molar-refractivity contribution in [3.63, 3.8) is 0 Å². The molecule has 0 aromatic rings. The number of nitrogens with zero attached hydrogens (tertiary/aromatic N) is 1. The lowest BCUT2D eigenvalue weighted by molar-refractivity contribution is -0.150. The molecule has 6 atom stereocenters. The molecular weight excluding hydrogens is 386 g/mol. The monoisotopic (exact) mass is 423 g/mol. The number of amides is 3. The summed E-state index contributed by atoms with van der Waals surface area (Å²) in [5.74, 6) is -1.97. The van der Waals surface area contributed by atoms with Gasteiger partial charge in [0.05, 0.1) is 30.1 Å². The first kappa shape index (κ1) is 23.0. The Kier molecular flexibility index (Phi) is 6.77. The molecule has 8 nitrogen and oxygen atoms in total. The van der Waals surface area contributed by atoms with Crippen molar-refractivity contribution in [1.82, 2.24) is 15.5 Å². The first-order valence-corrected chi connectivity index (χ1v) is 11.5. The Morgan fingerprint density at radius 3 is 2.47 bits per heavy atom. The number of ether oxygens (including phenoxy) is 1. The molecular formula is C22H37N3O5. The molecule has 3 amide bonds. The van der Waals surface area contributed by atoms with Crippen LogP contribution in [0.15, 0.2) is 0 Å². The molecule has 8 heteroatoms. The zero-order chi connectivity index (χ0) is 22.1. The first-order chi connectivity index (χ1) is 14.3. The fourth-order valence-electron chi connectivity index (χ4n) is 5.76. The zero-order valence-corrected chi connectivity index (χ0v) is 18.7. The van der Waals surface area contributed by atoms with E-state index >= 15 is 0 Å². The number of carbonyl (C=O) groups is 3. The number of hydrogen-bond acceptors (Lipinski definition) is 5. The number of aliphatic hydroxyl groups is 1. The van der Waals surface area contributed by atoms with Gasteiger partial charge in [-0.05, 0) is 39.0 Å². The Morgan fingerprint density at radius 2 is 1.87 bits per heavy atom. The summed E-state index contributed by atoms with van der Waals surface area (Å²) in [6.07, 6.45) is 4.43. The van der Waals surface area contributed by atoms with Crippen LogP contribution in [-0.2, 0) is 19.1 Å². The van der Waals surface area contributed by atoms with Crippen LogP contribution in [0.2, 0.25) is 0 Å². The number of nitrogens with one attached hydrogen (secondary N) is 2. The zero-order valence-electron chi connectivity index (χ0n) is 18.7. The van der Waals surface area contributed by atoms with Gasteiger partial charge in [-0.25, -0.2) is 0 Å². The summed E-state index contributed by atoms with van der Waals surface area (Å²) < 4.78 is 6.60. The molecule has 170 valence electrons. The van der Waals surface area contributed by atoms with Crippen LogP contribution in [0, 0.1) is 11.8 Å². The van der Waals surface area contributed by atoms with Crippen molar-refractivity contribution < 1.29 is 24.2 Å². The van der Waals surface area contributed by atoms with Crippen LogP contribution in [-0.4, -0.2) is 70.7 Å². The van der Waals surface area contributed by atoms with Gasteiger partial charge in [0, 0.05) is 13.1 Å². The van der Waals surface area contributed by atoms with Gasteiger partial charge in [0.2, 0.25) is 17.7 Å². The van der Waals surface area contributed by atoms with E-state index in [-0.39, 0.29) is 24.3 Å². The highest BCUT2D eigenvalue weighted by Crippen LogP contribution is 2.64. The number of unbranched alkanes of at least 4 members (excludes halogenated alkanes) is 1. The molecule has 2 unspecified atom stereocenters. The quantitative estimate of drug-likeness (QED) is 0.454. The Morgan fingerprint density at radius 1 is 1.17 bits per heavy atom. The summed E-state index contributed by atoms with van der Waals surface area (Å²) in [5.41, 5.74) is -1.73. The van der Waals surface area contributed by atoms with E-state index in [1.165, 1.54) is 4.90 Å². The van der Waals surface area contributed by atoms with Crippen LogP contribution < -0.4 is 10.6 Å². The second-order valence-electron chi connectivity index (χ2n) is 9.05. The van der Waals surface area contributed by atoms with E-state index in [9.17, 15) is 19.5 Å². The SMILES string of the molecule is CCCCNC(=O)C1N([C@H](C)CO)C(=O)[C@@H]2[C@@H](C(=O)NCCC)[C@@]3(CC)CCC12O3. The second kappa shape index (κ2) is 8.83.